The van der Waals surface area contributed by atoms with E-state index in [9.17, 15) is 4.79 Å². The number of fused-ring (bicyclic) bond motifs is 1. The van der Waals surface area contributed by atoms with E-state index in [1.165, 1.54) is 0 Å². The normalized spacial score (nSPS) is 16.9. The van der Waals surface area contributed by atoms with Crippen molar-refractivity contribution < 1.29 is 9.53 Å². The van der Waals surface area contributed by atoms with Gasteiger partial charge in [0.2, 0.25) is 11.8 Å². The van der Waals surface area contributed by atoms with E-state index in [4.69, 9.17) is 4.74 Å². The molecule has 22 heavy (non-hydrogen) atoms. The Kier molecular flexibility index (Phi) is 4.37. The number of H-pyrrole nitrogens is 1. The van der Waals surface area contributed by atoms with Gasteiger partial charge in [0, 0.05) is 36.8 Å². The fourth-order valence-electron chi connectivity index (χ4n) is 2.75. The molecule has 0 spiro atoms. The quantitative estimate of drug-likeness (QED) is 0.879. The van der Waals surface area contributed by atoms with Crippen LogP contribution in [0.1, 0.15) is 30.3 Å². The number of carbonyl (C=O) groups is 1. The highest BCUT2D eigenvalue weighted by atomic mass is 16.5. The first kappa shape index (κ1) is 14.6. The number of aromatic amines is 1. The van der Waals surface area contributed by atoms with Gasteiger partial charge in [-0.2, -0.15) is 0 Å². The highest BCUT2D eigenvalue weighted by Crippen LogP contribution is 2.23. The summed E-state index contributed by atoms with van der Waals surface area (Å²) in [6.07, 6.45) is 5.85. The minimum absolute atomic E-state index is 0.0150. The summed E-state index contributed by atoms with van der Waals surface area (Å²) in [6.45, 7) is 2.99. The Morgan fingerprint density at radius 3 is 3.27 bits per heavy atom. The Hall–Kier alpha value is -2.37. The molecule has 2 aromatic rings. The molecule has 0 bridgehead atoms. The minimum Gasteiger partial charge on any atom is -0.478 e. The maximum Gasteiger partial charge on any atom is 0.223 e. The number of amides is 1. The number of aryl methyl sites for hydroxylation is 1. The van der Waals surface area contributed by atoms with Crippen LogP contribution in [0, 0.1) is 5.92 Å². The summed E-state index contributed by atoms with van der Waals surface area (Å²) in [7, 11) is 0. The molecule has 0 radical (unpaired) electrons. The van der Waals surface area contributed by atoms with Gasteiger partial charge < -0.3 is 15.0 Å². The Balaban J connectivity index is 1.55. The second-order valence-electron chi connectivity index (χ2n) is 5.42. The van der Waals surface area contributed by atoms with E-state index in [-0.39, 0.29) is 11.8 Å². The Morgan fingerprint density at radius 2 is 2.41 bits per heavy atom. The fraction of sp³-hybridized carbons (Fsp3) is 0.438. The molecule has 0 fully saturated rings. The monoisotopic (exact) mass is 300 g/mol. The Bertz CT molecular complexity index is 653. The number of pyridine rings is 1. The number of rotatable bonds is 5. The smallest absolute Gasteiger partial charge is 0.223 e. The highest BCUT2D eigenvalue weighted by molar-refractivity contribution is 5.79. The van der Waals surface area contributed by atoms with Crippen LogP contribution in [0.4, 0.5) is 0 Å². The molecule has 0 saturated heterocycles. The molecule has 0 aromatic carbocycles. The first-order valence-electron chi connectivity index (χ1n) is 7.63. The van der Waals surface area contributed by atoms with Gasteiger partial charge in [0.1, 0.15) is 0 Å². The van der Waals surface area contributed by atoms with E-state index in [0.29, 0.717) is 19.0 Å². The lowest BCUT2D eigenvalue weighted by Crippen LogP contribution is -2.33. The minimum atomic E-state index is 0.0150. The van der Waals surface area contributed by atoms with Crippen LogP contribution in [-0.2, 0) is 24.2 Å². The number of imidazole rings is 1. The van der Waals surface area contributed by atoms with E-state index in [1.807, 2.05) is 19.1 Å². The van der Waals surface area contributed by atoms with Gasteiger partial charge in [0.05, 0.1) is 18.6 Å². The third kappa shape index (κ3) is 3.27. The van der Waals surface area contributed by atoms with Crippen LogP contribution < -0.4 is 10.1 Å². The highest BCUT2D eigenvalue weighted by Gasteiger charge is 2.25. The van der Waals surface area contributed by atoms with Crippen LogP contribution in [0.5, 0.6) is 5.88 Å². The maximum absolute atomic E-state index is 12.3. The summed E-state index contributed by atoms with van der Waals surface area (Å²) in [5, 5.41) is 3.00. The Morgan fingerprint density at radius 1 is 1.50 bits per heavy atom. The number of hydrogen-bond acceptors (Lipinski definition) is 4. The molecular weight excluding hydrogens is 280 g/mol. The first-order valence-corrected chi connectivity index (χ1v) is 7.63. The standard InChI is InChI=1S/C16H20N4O2/c1-2-22-15-7-11(5-6-17-15)9-18-16(21)12-3-4-13-14(8-12)20-10-19-13/h5-7,10,12H,2-4,8-9H2,1H3,(H,18,21)(H,19,20). The molecule has 2 aromatic heterocycles. The van der Waals surface area contributed by atoms with Crippen molar-refractivity contribution in [2.75, 3.05) is 6.61 Å². The molecular formula is C16H20N4O2. The summed E-state index contributed by atoms with van der Waals surface area (Å²) in [5.41, 5.74) is 3.18. The van der Waals surface area contributed by atoms with Gasteiger partial charge in [0.15, 0.2) is 0 Å². The van der Waals surface area contributed by atoms with Crippen molar-refractivity contribution >= 4 is 5.91 Å². The molecule has 1 atom stereocenters. The summed E-state index contributed by atoms with van der Waals surface area (Å²) in [4.78, 5) is 23.8. The van der Waals surface area contributed by atoms with Crippen molar-refractivity contribution in [2.45, 2.75) is 32.7 Å². The predicted octanol–water partition coefficient (Wildman–Crippen LogP) is 1.62. The van der Waals surface area contributed by atoms with E-state index in [2.05, 4.69) is 20.3 Å². The van der Waals surface area contributed by atoms with Gasteiger partial charge in [-0.15, -0.1) is 0 Å². The van der Waals surface area contributed by atoms with Crippen molar-refractivity contribution in [3.8, 4) is 5.88 Å². The third-order valence-electron chi connectivity index (χ3n) is 3.92. The SMILES string of the molecule is CCOc1cc(CNC(=O)C2CCc3nc[nH]c3C2)ccn1. The summed E-state index contributed by atoms with van der Waals surface area (Å²) in [6, 6.07) is 3.74. The van der Waals surface area contributed by atoms with Gasteiger partial charge in [-0.1, -0.05) is 0 Å². The molecule has 3 rings (SSSR count). The molecule has 1 aliphatic rings. The van der Waals surface area contributed by atoms with Gasteiger partial charge in [-0.25, -0.2) is 9.97 Å². The zero-order valence-corrected chi connectivity index (χ0v) is 12.6. The molecule has 2 heterocycles. The van der Waals surface area contributed by atoms with Crippen LogP contribution in [0.2, 0.25) is 0 Å². The van der Waals surface area contributed by atoms with E-state index in [1.54, 1.807) is 12.5 Å². The number of nitrogens with one attached hydrogen (secondary N) is 2. The van der Waals surface area contributed by atoms with E-state index in [0.717, 1.165) is 36.2 Å². The van der Waals surface area contributed by atoms with Crippen molar-refractivity contribution in [1.29, 1.82) is 0 Å². The lowest BCUT2D eigenvalue weighted by atomic mass is 9.89. The van der Waals surface area contributed by atoms with Crippen molar-refractivity contribution in [1.82, 2.24) is 20.3 Å². The van der Waals surface area contributed by atoms with Gasteiger partial charge in [0.25, 0.3) is 0 Å². The van der Waals surface area contributed by atoms with Crippen LogP contribution in [-0.4, -0.2) is 27.5 Å². The second-order valence-corrected chi connectivity index (χ2v) is 5.42. The molecule has 1 unspecified atom stereocenters. The van der Waals surface area contributed by atoms with Crippen LogP contribution >= 0.6 is 0 Å². The lowest BCUT2D eigenvalue weighted by Gasteiger charge is -2.20. The number of aromatic nitrogens is 3. The summed E-state index contributed by atoms with van der Waals surface area (Å²) < 4.78 is 5.36. The molecule has 6 heteroatoms. The van der Waals surface area contributed by atoms with Gasteiger partial charge in [-0.05, 0) is 31.4 Å². The Labute approximate surface area is 129 Å². The zero-order valence-electron chi connectivity index (χ0n) is 12.6. The molecule has 6 nitrogen and oxygen atoms in total. The number of carbonyl (C=O) groups excluding carboxylic acids is 1. The number of nitrogens with zero attached hydrogens (tertiary/aromatic N) is 2. The summed E-state index contributed by atoms with van der Waals surface area (Å²) in [5.74, 6) is 0.699. The molecule has 0 aliphatic heterocycles. The molecule has 0 saturated carbocycles. The van der Waals surface area contributed by atoms with Crippen molar-refractivity contribution in [3.05, 3.63) is 41.6 Å². The van der Waals surface area contributed by atoms with E-state index < -0.39 is 0 Å². The number of ether oxygens (including phenoxy) is 1. The van der Waals surface area contributed by atoms with Gasteiger partial charge >= 0.3 is 0 Å². The number of hydrogen-bond donors (Lipinski definition) is 2. The zero-order chi connectivity index (χ0) is 15.4. The topological polar surface area (TPSA) is 79.9 Å². The second kappa shape index (κ2) is 6.60. The van der Waals surface area contributed by atoms with Gasteiger partial charge in [-0.3, -0.25) is 4.79 Å². The molecule has 2 N–H and O–H groups in total. The third-order valence-corrected chi connectivity index (χ3v) is 3.92. The molecule has 1 aliphatic carbocycles. The average molecular weight is 300 g/mol. The molecule has 1 amide bonds. The van der Waals surface area contributed by atoms with Crippen LogP contribution in [0.25, 0.3) is 0 Å². The van der Waals surface area contributed by atoms with Crippen molar-refractivity contribution in [3.63, 3.8) is 0 Å². The fourth-order valence-corrected chi connectivity index (χ4v) is 2.75. The lowest BCUT2D eigenvalue weighted by molar-refractivity contribution is -0.125. The largest absolute Gasteiger partial charge is 0.478 e. The average Bonchev–Trinajstić information content (AvgIpc) is 3.01. The van der Waals surface area contributed by atoms with Crippen molar-refractivity contribution in [2.24, 2.45) is 5.92 Å². The predicted molar refractivity (Wildman–Crippen MR) is 81.4 cm³/mol. The molecule has 116 valence electrons. The van der Waals surface area contributed by atoms with Crippen LogP contribution in [0.3, 0.4) is 0 Å². The summed E-state index contributed by atoms with van der Waals surface area (Å²) >= 11 is 0. The first-order chi connectivity index (χ1) is 10.8. The van der Waals surface area contributed by atoms with Crippen LogP contribution in [0.15, 0.2) is 24.7 Å². The maximum atomic E-state index is 12.3. The van der Waals surface area contributed by atoms with E-state index >= 15 is 0 Å².